The molecule has 1 heterocycles. The van der Waals surface area contributed by atoms with Crippen LogP contribution in [0.4, 0.5) is 0 Å². The fraction of sp³-hybridized carbons (Fsp3) is 0.333. The summed E-state index contributed by atoms with van der Waals surface area (Å²) in [7, 11) is 1.54. The number of carbonyl (C=O) groups is 1. The molecule has 1 aromatic heterocycles. The Kier molecular flexibility index (Phi) is 2.43. The lowest BCUT2D eigenvalue weighted by atomic mass is 10.2. The predicted molar refractivity (Wildman–Crippen MR) is 45.7 cm³/mol. The fourth-order valence-corrected chi connectivity index (χ4v) is 1.07. The van der Waals surface area contributed by atoms with E-state index in [1.54, 1.807) is 7.11 Å². The maximum atomic E-state index is 10.5. The standard InChI is InChI=1S/C9H11NO2/c1-6-4-7(2)9(12-3)10-8(6)5-11/h4-5H,1-3H3. The molecule has 0 amide bonds. The van der Waals surface area contributed by atoms with Crippen LogP contribution in [-0.4, -0.2) is 18.4 Å². The summed E-state index contributed by atoms with van der Waals surface area (Å²) in [5.41, 5.74) is 2.27. The Morgan fingerprint density at radius 2 is 2.08 bits per heavy atom. The molecule has 3 nitrogen and oxygen atoms in total. The van der Waals surface area contributed by atoms with Gasteiger partial charge in [0.15, 0.2) is 6.29 Å². The fourth-order valence-electron chi connectivity index (χ4n) is 1.07. The van der Waals surface area contributed by atoms with Gasteiger partial charge in [-0.25, -0.2) is 4.98 Å². The molecule has 0 saturated carbocycles. The molecular formula is C9H11NO2. The first-order valence-electron chi connectivity index (χ1n) is 3.66. The number of aldehydes is 1. The molecular weight excluding hydrogens is 154 g/mol. The highest BCUT2D eigenvalue weighted by atomic mass is 16.5. The summed E-state index contributed by atoms with van der Waals surface area (Å²) in [4.78, 5) is 14.5. The van der Waals surface area contributed by atoms with Gasteiger partial charge in [-0.2, -0.15) is 0 Å². The summed E-state index contributed by atoms with van der Waals surface area (Å²) in [6, 6.07) is 1.88. The molecule has 0 bridgehead atoms. The van der Waals surface area contributed by atoms with Crippen molar-refractivity contribution in [2.45, 2.75) is 13.8 Å². The highest BCUT2D eigenvalue weighted by Gasteiger charge is 2.04. The molecule has 0 aliphatic heterocycles. The summed E-state index contributed by atoms with van der Waals surface area (Å²) in [6.45, 7) is 3.75. The SMILES string of the molecule is COc1nc(C=O)c(C)cc1C. The molecule has 1 rings (SSSR count). The zero-order valence-electron chi connectivity index (χ0n) is 7.42. The van der Waals surface area contributed by atoms with Crippen LogP contribution in [-0.2, 0) is 0 Å². The Morgan fingerprint density at radius 3 is 2.58 bits per heavy atom. The molecule has 0 N–H and O–H groups in total. The summed E-state index contributed by atoms with van der Waals surface area (Å²) in [5.74, 6) is 0.516. The third-order valence-corrected chi connectivity index (χ3v) is 1.70. The minimum atomic E-state index is 0.442. The minimum absolute atomic E-state index is 0.442. The third kappa shape index (κ3) is 1.44. The lowest BCUT2D eigenvalue weighted by Crippen LogP contribution is -1.98. The Labute approximate surface area is 71.4 Å². The number of nitrogens with zero attached hydrogens (tertiary/aromatic N) is 1. The van der Waals surface area contributed by atoms with Gasteiger partial charge in [0, 0.05) is 5.56 Å². The summed E-state index contributed by atoms with van der Waals surface area (Å²) in [5, 5.41) is 0. The van der Waals surface area contributed by atoms with Crippen molar-refractivity contribution >= 4 is 6.29 Å². The molecule has 3 heteroatoms. The van der Waals surface area contributed by atoms with Crippen LogP contribution in [0.15, 0.2) is 6.07 Å². The molecule has 0 aromatic carbocycles. The van der Waals surface area contributed by atoms with Gasteiger partial charge in [0.25, 0.3) is 0 Å². The minimum Gasteiger partial charge on any atom is -0.481 e. The van der Waals surface area contributed by atoms with Gasteiger partial charge in [-0.15, -0.1) is 0 Å². The molecule has 64 valence electrons. The smallest absolute Gasteiger partial charge is 0.216 e. The number of hydrogen-bond acceptors (Lipinski definition) is 3. The van der Waals surface area contributed by atoms with Crippen molar-refractivity contribution in [3.63, 3.8) is 0 Å². The molecule has 0 aliphatic carbocycles. The molecule has 0 atom stereocenters. The summed E-state index contributed by atoms with van der Waals surface area (Å²) in [6.07, 6.45) is 0.733. The number of ether oxygens (including phenoxy) is 1. The Morgan fingerprint density at radius 1 is 1.42 bits per heavy atom. The number of rotatable bonds is 2. The van der Waals surface area contributed by atoms with E-state index in [1.165, 1.54) is 0 Å². The second-order valence-electron chi connectivity index (χ2n) is 2.63. The topological polar surface area (TPSA) is 39.2 Å². The van der Waals surface area contributed by atoms with Crippen molar-refractivity contribution in [1.82, 2.24) is 4.98 Å². The van der Waals surface area contributed by atoms with E-state index in [0.29, 0.717) is 11.6 Å². The quantitative estimate of drug-likeness (QED) is 0.624. The number of aryl methyl sites for hydroxylation is 2. The van der Waals surface area contributed by atoms with Crippen molar-refractivity contribution in [3.05, 3.63) is 22.9 Å². The molecule has 0 fully saturated rings. The van der Waals surface area contributed by atoms with Crippen LogP contribution in [0, 0.1) is 13.8 Å². The van der Waals surface area contributed by atoms with Gasteiger partial charge in [-0.1, -0.05) is 0 Å². The van der Waals surface area contributed by atoms with Crippen LogP contribution in [0.1, 0.15) is 21.6 Å². The van der Waals surface area contributed by atoms with Crippen LogP contribution < -0.4 is 4.74 Å². The lowest BCUT2D eigenvalue weighted by molar-refractivity contribution is 0.111. The molecule has 0 unspecified atom stereocenters. The first kappa shape index (κ1) is 8.71. The molecule has 0 spiro atoms. The van der Waals surface area contributed by atoms with Crippen LogP contribution in [0.5, 0.6) is 5.88 Å². The molecule has 12 heavy (non-hydrogen) atoms. The van der Waals surface area contributed by atoms with Crippen molar-refractivity contribution in [2.24, 2.45) is 0 Å². The average Bonchev–Trinajstić information content (AvgIpc) is 2.05. The zero-order chi connectivity index (χ0) is 9.14. The molecule has 1 aromatic rings. The van der Waals surface area contributed by atoms with Gasteiger partial charge in [-0.05, 0) is 25.5 Å². The normalized spacial score (nSPS) is 9.58. The Hall–Kier alpha value is -1.38. The van der Waals surface area contributed by atoms with Gasteiger partial charge in [0.1, 0.15) is 5.69 Å². The van der Waals surface area contributed by atoms with E-state index in [1.807, 2.05) is 19.9 Å². The Bertz CT molecular complexity index is 308. The summed E-state index contributed by atoms with van der Waals surface area (Å²) < 4.78 is 4.97. The zero-order valence-corrected chi connectivity index (χ0v) is 7.42. The van der Waals surface area contributed by atoms with Gasteiger partial charge < -0.3 is 4.74 Å². The first-order chi connectivity index (χ1) is 5.69. The van der Waals surface area contributed by atoms with Crippen molar-refractivity contribution in [3.8, 4) is 5.88 Å². The number of carbonyl (C=O) groups excluding carboxylic acids is 1. The van der Waals surface area contributed by atoms with Gasteiger partial charge in [0.05, 0.1) is 7.11 Å². The van der Waals surface area contributed by atoms with Crippen molar-refractivity contribution < 1.29 is 9.53 Å². The lowest BCUT2D eigenvalue weighted by Gasteiger charge is -2.05. The highest BCUT2D eigenvalue weighted by Crippen LogP contribution is 2.16. The number of pyridine rings is 1. The number of methoxy groups -OCH3 is 1. The molecule has 0 aliphatic rings. The Balaban J connectivity index is 3.26. The van der Waals surface area contributed by atoms with Crippen LogP contribution >= 0.6 is 0 Å². The largest absolute Gasteiger partial charge is 0.481 e. The van der Waals surface area contributed by atoms with Gasteiger partial charge in [-0.3, -0.25) is 4.79 Å². The van der Waals surface area contributed by atoms with Crippen LogP contribution in [0.3, 0.4) is 0 Å². The van der Waals surface area contributed by atoms with Gasteiger partial charge in [0.2, 0.25) is 5.88 Å². The van der Waals surface area contributed by atoms with E-state index < -0.39 is 0 Å². The van der Waals surface area contributed by atoms with Gasteiger partial charge >= 0.3 is 0 Å². The number of hydrogen-bond donors (Lipinski definition) is 0. The van der Waals surface area contributed by atoms with E-state index in [4.69, 9.17) is 4.74 Å². The average molecular weight is 165 g/mol. The van der Waals surface area contributed by atoms with E-state index >= 15 is 0 Å². The maximum absolute atomic E-state index is 10.5. The first-order valence-corrected chi connectivity index (χ1v) is 3.66. The maximum Gasteiger partial charge on any atom is 0.216 e. The van der Waals surface area contributed by atoms with E-state index in [2.05, 4.69) is 4.98 Å². The van der Waals surface area contributed by atoms with E-state index in [0.717, 1.165) is 17.4 Å². The second kappa shape index (κ2) is 3.34. The monoisotopic (exact) mass is 165 g/mol. The number of aromatic nitrogens is 1. The van der Waals surface area contributed by atoms with Crippen LogP contribution in [0.2, 0.25) is 0 Å². The van der Waals surface area contributed by atoms with Crippen molar-refractivity contribution in [1.29, 1.82) is 0 Å². The van der Waals surface area contributed by atoms with Crippen LogP contribution in [0.25, 0.3) is 0 Å². The third-order valence-electron chi connectivity index (χ3n) is 1.70. The van der Waals surface area contributed by atoms with E-state index in [9.17, 15) is 4.79 Å². The highest BCUT2D eigenvalue weighted by molar-refractivity contribution is 5.74. The summed E-state index contributed by atoms with van der Waals surface area (Å²) >= 11 is 0. The second-order valence-corrected chi connectivity index (χ2v) is 2.63. The predicted octanol–water partition coefficient (Wildman–Crippen LogP) is 1.52. The molecule has 0 saturated heterocycles. The van der Waals surface area contributed by atoms with Crippen molar-refractivity contribution in [2.75, 3.05) is 7.11 Å². The van der Waals surface area contributed by atoms with E-state index in [-0.39, 0.29) is 0 Å². The molecule has 0 radical (unpaired) electrons.